The van der Waals surface area contributed by atoms with Crippen LogP contribution in [0, 0.1) is 12.7 Å². The number of methoxy groups -OCH3 is 1. The molecule has 9 nitrogen and oxygen atoms in total. The van der Waals surface area contributed by atoms with Crippen LogP contribution in [0.2, 0.25) is 0 Å². The Labute approximate surface area is 176 Å². The van der Waals surface area contributed by atoms with E-state index in [9.17, 15) is 9.18 Å². The van der Waals surface area contributed by atoms with Crippen molar-refractivity contribution in [1.82, 2.24) is 20.0 Å². The minimum absolute atomic E-state index is 0.0577. The monoisotopic (exact) mass is 422 g/mol. The van der Waals surface area contributed by atoms with Gasteiger partial charge in [-0.25, -0.2) is 14.1 Å². The van der Waals surface area contributed by atoms with E-state index in [-0.39, 0.29) is 23.7 Å². The molecule has 0 saturated carbocycles. The highest BCUT2D eigenvalue weighted by Gasteiger charge is 2.20. The van der Waals surface area contributed by atoms with Crippen molar-refractivity contribution in [1.29, 1.82) is 0 Å². The number of nitrogens with two attached hydrogens (primary N) is 1. The smallest absolute Gasteiger partial charge is 0.280 e. The van der Waals surface area contributed by atoms with Gasteiger partial charge in [0.2, 0.25) is 5.89 Å². The van der Waals surface area contributed by atoms with Crippen molar-refractivity contribution in [2.75, 3.05) is 18.2 Å². The Kier molecular flexibility index (Phi) is 5.35. The highest BCUT2D eigenvalue weighted by atomic mass is 19.1. The molecule has 4 rings (SSSR count). The molecule has 31 heavy (non-hydrogen) atoms. The van der Waals surface area contributed by atoms with Crippen LogP contribution >= 0.6 is 0 Å². The number of nitrogen functional groups attached to an aromatic ring is 1. The molecule has 10 heteroatoms. The van der Waals surface area contributed by atoms with E-state index in [1.165, 1.54) is 22.9 Å². The van der Waals surface area contributed by atoms with E-state index >= 15 is 0 Å². The summed E-state index contributed by atoms with van der Waals surface area (Å²) in [7, 11) is 1.59. The lowest BCUT2D eigenvalue weighted by atomic mass is 10.2. The molecule has 158 valence electrons. The second-order valence-corrected chi connectivity index (χ2v) is 6.70. The lowest BCUT2D eigenvalue weighted by molar-refractivity contribution is 0.102. The standard InChI is InChI=1S/C21H19FN6O3/c1-12-17(25-21(31-12)13-6-8-16(30-2)9-7-13)11-28-19(23)18(26-27-28)20(29)24-15-5-3-4-14(22)10-15/h3-10H,11,23H2,1-2H3,(H,24,29). The molecule has 0 unspecified atom stereocenters. The van der Waals surface area contributed by atoms with Gasteiger partial charge >= 0.3 is 0 Å². The molecule has 2 aromatic carbocycles. The number of aromatic nitrogens is 4. The van der Waals surface area contributed by atoms with Gasteiger partial charge in [0.25, 0.3) is 5.91 Å². The number of anilines is 2. The van der Waals surface area contributed by atoms with Gasteiger partial charge < -0.3 is 20.2 Å². The number of amides is 1. The lowest BCUT2D eigenvalue weighted by Crippen LogP contribution is -2.15. The van der Waals surface area contributed by atoms with Crippen LogP contribution in [-0.4, -0.2) is 33.0 Å². The molecule has 0 bridgehead atoms. The maximum absolute atomic E-state index is 13.3. The SMILES string of the molecule is COc1ccc(-c2nc(Cn3nnc(C(=O)Nc4cccc(F)c4)c3N)c(C)o2)cc1. The number of rotatable bonds is 6. The first-order valence-electron chi connectivity index (χ1n) is 9.31. The van der Waals surface area contributed by atoms with Gasteiger partial charge in [0.05, 0.1) is 13.7 Å². The van der Waals surface area contributed by atoms with E-state index < -0.39 is 11.7 Å². The van der Waals surface area contributed by atoms with Crippen molar-refractivity contribution >= 4 is 17.4 Å². The zero-order chi connectivity index (χ0) is 22.0. The number of halogens is 1. The Morgan fingerprint density at radius 3 is 2.74 bits per heavy atom. The zero-order valence-electron chi connectivity index (χ0n) is 16.8. The maximum atomic E-state index is 13.3. The van der Waals surface area contributed by atoms with Gasteiger partial charge in [-0.3, -0.25) is 4.79 Å². The number of hydrogen-bond donors (Lipinski definition) is 2. The average Bonchev–Trinajstić information content (AvgIpc) is 3.31. The van der Waals surface area contributed by atoms with E-state index in [1.807, 2.05) is 24.3 Å². The molecule has 0 aliphatic heterocycles. The van der Waals surface area contributed by atoms with E-state index in [0.29, 0.717) is 17.3 Å². The van der Waals surface area contributed by atoms with Crippen LogP contribution < -0.4 is 15.8 Å². The summed E-state index contributed by atoms with van der Waals surface area (Å²) in [6.07, 6.45) is 0. The minimum atomic E-state index is -0.592. The molecule has 0 fully saturated rings. The summed E-state index contributed by atoms with van der Waals surface area (Å²) < 4.78 is 25.6. The van der Waals surface area contributed by atoms with Crippen molar-refractivity contribution in [3.8, 4) is 17.2 Å². The molecule has 2 aromatic heterocycles. The van der Waals surface area contributed by atoms with Crippen LogP contribution in [0.3, 0.4) is 0 Å². The predicted molar refractivity (Wildman–Crippen MR) is 111 cm³/mol. The number of oxazole rings is 1. The number of aryl methyl sites for hydroxylation is 1. The summed E-state index contributed by atoms with van der Waals surface area (Å²) in [5.74, 6) is 0.757. The Morgan fingerprint density at radius 2 is 2.03 bits per heavy atom. The predicted octanol–water partition coefficient (Wildman–Crippen LogP) is 3.27. The first-order chi connectivity index (χ1) is 14.9. The summed E-state index contributed by atoms with van der Waals surface area (Å²) in [5.41, 5.74) is 7.67. The number of benzene rings is 2. The van der Waals surface area contributed by atoms with Crippen LogP contribution in [-0.2, 0) is 6.54 Å². The Bertz CT molecular complexity index is 1230. The second kappa shape index (κ2) is 8.27. The number of carbonyl (C=O) groups is 1. The Balaban J connectivity index is 1.52. The quantitative estimate of drug-likeness (QED) is 0.489. The minimum Gasteiger partial charge on any atom is -0.497 e. The van der Waals surface area contributed by atoms with Crippen LogP contribution in [0.4, 0.5) is 15.9 Å². The van der Waals surface area contributed by atoms with Crippen LogP contribution in [0.25, 0.3) is 11.5 Å². The van der Waals surface area contributed by atoms with Crippen LogP contribution in [0.1, 0.15) is 21.9 Å². The zero-order valence-corrected chi connectivity index (χ0v) is 16.8. The van der Waals surface area contributed by atoms with Crippen molar-refractivity contribution in [3.05, 3.63) is 71.5 Å². The number of ether oxygens (including phenoxy) is 1. The third-order valence-electron chi connectivity index (χ3n) is 4.60. The molecule has 4 aromatic rings. The molecule has 0 spiro atoms. The number of nitrogens with zero attached hydrogens (tertiary/aromatic N) is 4. The van der Waals surface area contributed by atoms with Crippen molar-refractivity contribution in [2.24, 2.45) is 0 Å². The van der Waals surface area contributed by atoms with Crippen LogP contribution in [0.15, 0.2) is 52.9 Å². The molecule has 0 radical (unpaired) electrons. The molecule has 3 N–H and O–H groups in total. The molecule has 0 atom stereocenters. The number of nitrogens with one attached hydrogen (secondary N) is 1. The summed E-state index contributed by atoms with van der Waals surface area (Å²) in [4.78, 5) is 17.0. The topological polar surface area (TPSA) is 121 Å². The van der Waals surface area contributed by atoms with E-state index in [4.69, 9.17) is 14.9 Å². The summed E-state index contributed by atoms with van der Waals surface area (Å²) >= 11 is 0. The molecule has 0 aliphatic rings. The Hall–Kier alpha value is -4.21. The normalized spacial score (nSPS) is 10.8. The molecule has 0 aliphatic carbocycles. The van der Waals surface area contributed by atoms with Crippen molar-refractivity contribution in [2.45, 2.75) is 13.5 Å². The third-order valence-corrected chi connectivity index (χ3v) is 4.60. The fourth-order valence-corrected chi connectivity index (χ4v) is 2.93. The molecule has 1 amide bonds. The first-order valence-corrected chi connectivity index (χ1v) is 9.31. The summed E-state index contributed by atoms with van der Waals surface area (Å²) in [5, 5.41) is 10.3. The highest BCUT2D eigenvalue weighted by molar-refractivity contribution is 6.05. The van der Waals surface area contributed by atoms with E-state index in [0.717, 1.165) is 11.3 Å². The van der Waals surface area contributed by atoms with Gasteiger partial charge in [-0.1, -0.05) is 11.3 Å². The average molecular weight is 422 g/mol. The maximum Gasteiger partial charge on any atom is 0.280 e. The van der Waals surface area contributed by atoms with Gasteiger partial charge in [0.1, 0.15) is 23.0 Å². The largest absolute Gasteiger partial charge is 0.497 e. The fraction of sp³-hybridized carbons (Fsp3) is 0.143. The van der Waals surface area contributed by atoms with Crippen LogP contribution in [0.5, 0.6) is 5.75 Å². The van der Waals surface area contributed by atoms with E-state index in [1.54, 1.807) is 20.1 Å². The molecule has 0 saturated heterocycles. The van der Waals surface area contributed by atoms with Gasteiger partial charge in [-0.15, -0.1) is 5.10 Å². The number of carbonyl (C=O) groups excluding carboxylic acids is 1. The van der Waals surface area contributed by atoms with Gasteiger partial charge in [-0.05, 0) is 49.4 Å². The lowest BCUT2D eigenvalue weighted by Gasteiger charge is -2.04. The van der Waals surface area contributed by atoms with Gasteiger partial charge in [0, 0.05) is 11.3 Å². The van der Waals surface area contributed by atoms with Gasteiger partial charge in [0.15, 0.2) is 11.5 Å². The van der Waals surface area contributed by atoms with Crippen molar-refractivity contribution < 1.29 is 18.3 Å². The molecular formula is C21H19FN6O3. The second-order valence-electron chi connectivity index (χ2n) is 6.70. The summed E-state index contributed by atoms with van der Waals surface area (Å²) in [6.45, 7) is 1.94. The fourth-order valence-electron chi connectivity index (χ4n) is 2.93. The summed E-state index contributed by atoms with van der Waals surface area (Å²) in [6, 6.07) is 12.8. The Morgan fingerprint density at radius 1 is 1.26 bits per heavy atom. The number of hydrogen-bond acceptors (Lipinski definition) is 7. The highest BCUT2D eigenvalue weighted by Crippen LogP contribution is 2.25. The first kappa shape index (κ1) is 20.1. The van der Waals surface area contributed by atoms with Gasteiger partial charge in [-0.2, -0.15) is 0 Å². The molecule has 2 heterocycles. The molecular weight excluding hydrogens is 403 g/mol. The van der Waals surface area contributed by atoms with Crippen molar-refractivity contribution in [3.63, 3.8) is 0 Å². The third kappa shape index (κ3) is 4.22. The van der Waals surface area contributed by atoms with E-state index in [2.05, 4.69) is 20.6 Å².